The van der Waals surface area contributed by atoms with Crippen LogP contribution in [0.1, 0.15) is 32.4 Å². The molecule has 12 heteroatoms. The molecule has 2 aromatic heterocycles. The van der Waals surface area contributed by atoms with Crippen LogP contribution in [0, 0.1) is 6.92 Å². The smallest absolute Gasteiger partial charge is 0.461 e. The van der Waals surface area contributed by atoms with Crippen LogP contribution >= 0.6 is 0 Å². The molecule has 1 N–H and O–H groups in total. The molecule has 1 unspecified atom stereocenters. The highest BCUT2D eigenvalue weighted by Crippen LogP contribution is 2.30. The van der Waals surface area contributed by atoms with Crippen molar-refractivity contribution in [2.75, 3.05) is 26.3 Å². The second kappa shape index (κ2) is 9.69. The molecule has 1 saturated heterocycles. The molecule has 0 aliphatic carbocycles. The fraction of sp³-hybridized carbons (Fsp3) is 0.280. The quantitative estimate of drug-likeness (QED) is 0.427. The van der Waals surface area contributed by atoms with Gasteiger partial charge >= 0.3 is 12.1 Å². The second-order valence-electron chi connectivity index (χ2n) is 8.46. The van der Waals surface area contributed by atoms with Gasteiger partial charge in [-0.05, 0) is 25.1 Å². The highest BCUT2D eigenvalue weighted by molar-refractivity contribution is 6.07. The zero-order chi connectivity index (χ0) is 26.2. The number of nitrogens with zero attached hydrogens (tertiary/aromatic N) is 3. The van der Waals surface area contributed by atoms with E-state index in [1.165, 1.54) is 24.3 Å². The molecule has 2 aromatic carbocycles. The van der Waals surface area contributed by atoms with Crippen molar-refractivity contribution in [2.24, 2.45) is 0 Å². The maximum atomic E-state index is 13.5. The fourth-order valence-corrected chi connectivity index (χ4v) is 4.21. The first-order chi connectivity index (χ1) is 17.7. The first-order valence-corrected chi connectivity index (χ1v) is 11.4. The van der Waals surface area contributed by atoms with Gasteiger partial charge in [0.2, 0.25) is 5.82 Å². The number of fused-ring (bicyclic) bond motifs is 1. The van der Waals surface area contributed by atoms with Gasteiger partial charge in [0.1, 0.15) is 11.3 Å². The lowest BCUT2D eigenvalue weighted by molar-refractivity contribution is -0.159. The Kier molecular flexibility index (Phi) is 6.42. The van der Waals surface area contributed by atoms with Crippen molar-refractivity contribution in [3.05, 3.63) is 71.3 Å². The van der Waals surface area contributed by atoms with Crippen molar-refractivity contribution in [3.8, 4) is 11.4 Å². The first-order valence-electron chi connectivity index (χ1n) is 11.4. The molecular formula is C25H21F3N4O5. The van der Waals surface area contributed by atoms with Gasteiger partial charge in [-0.15, -0.1) is 0 Å². The zero-order valence-corrected chi connectivity index (χ0v) is 19.5. The van der Waals surface area contributed by atoms with Crippen molar-refractivity contribution >= 4 is 22.8 Å². The molecule has 9 nitrogen and oxygen atoms in total. The van der Waals surface area contributed by atoms with Crippen molar-refractivity contribution in [3.63, 3.8) is 0 Å². The second-order valence-corrected chi connectivity index (χ2v) is 8.46. The number of morpholine rings is 1. The Bertz CT molecular complexity index is 1440. The Morgan fingerprint density at radius 1 is 1.14 bits per heavy atom. The maximum absolute atomic E-state index is 13.5. The standard InChI is InChI=1S/C25H21F3N4O5/c1-14-20(18-4-2-3-5-19(18)36-14)23(34)32-10-11-35-13-17(32)12-29-22(33)16-8-6-15(7-9-16)21-30-24(37-31-21)25(26,27)28/h2-9,17H,10-13H2,1H3,(H,29,33). The molecule has 3 heterocycles. The molecule has 1 fully saturated rings. The average Bonchev–Trinajstić information content (AvgIpc) is 3.52. The van der Waals surface area contributed by atoms with E-state index in [0.29, 0.717) is 30.1 Å². The third kappa shape index (κ3) is 4.92. The molecule has 5 rings (SSSR count). The molecular weight excluding hydrogens is 493 g/mol. The summed E-state index contributed by atoms with van der Waals surface area (Å²) in [5, 5.41) is 6.86. The summed E-state index contributed by atoms with van der Waals surface area (Å²) in [6.45, 7) is 2.86. The van der Waals surface area contributed by atoms with Gasteiger partial charge in [-0.2, -0.15) is 18.2 Å². The number of benzene rings is 2. The zero-order valence-electron chi connectivity index (χ0n) is 19.5. The Labute approximate surface area is 208 Å². The van der Waals surface area contributed by atoms with Crippen LogP contribution in [-0.4, -0.2) is 59.2 Å². The molecule has 1 aliphatic rings. The summed E-state index contributed by atoms with van der Waals surface area (Å²) in [7, 11) is 0. The lowest BCUT2D eigenvalue weighted by Crippen LogP contribution is -2.53. The van der Waals surface area contributed by atoms with Crippen molar-refractivity contribution < 1.29 is 36.4 Å². The molecule has 0 saturated carbocycles. The predicted octanol–water partition coefficient (Wildman–Crippen LogP) is 4.08. The van der Waals surface area contributed by atoms with Crippen LogP contribution in [0.5, 0.6) is 0 Å². The van der Waals surface area contributed by atoms with E-state index in [-0.39, 0.29) is 36.0 Å². The number of alkyl halides is 3. The minimum atomic E-state index is -4.74. The van der Waals surface area contributed by atoms with Gasteiger partial charge < -0.3 is 23.9 Å². The van der Waals surface area contributed by atoms with E-state index < -0.39 is 24.0 Å². The third-order valence-electron chi connectivity index (χ3n) is 6.05. The maximum Gasteiger partial charge on any atom is 0.471 e. The Hall–Kier alpha value is -4.19. The van der Waals surface area contributed by atoms with Gasteiger partial charge in [-0.1, -0.05) is 35.5 Å². The molecule has 0 bridgehead atoms. The topological polar surface area (TPSA) is 111 Å². The third-order valence-corrected chi connectivity index (χ3v) is 6.05. The number of amides is 2. The van der Waals surface area contributed by atoms with Gasteiger partial charge in [0.05, 0.1) is 24.8 Å². The molecule has 0 spiro atoms. The van der Waals surface area contributed by atoms with Crippen LogP contribution in [0.25, 0.3) is 22.4 Å². The number of halogens is 3. The SMILES string of the molecule is Cc1oc2ccccc2c1C(=O)N1CCOCC1CNC(=O)c1ccc(-c2noc(C(F)(F)F)n2)cc1. The fourth-order valence-electron chi connectivity index (χ4n) is 4.21. The largest absolute Gasteiger partial charge is 0.471 e. The summed E-state index contributed by atoms with van der Waals surface area (Å²) in [6, 6.07) is 12.6. The lowest BCUT2D eigenvalue weighted by Gasteiger charge is -2.35. The normalized spacial score (nSPS) is 16.2. The summed E-state index contributed by atoms with van der Waals surface area (Å²) in [4.78, 5) is 31.2. The van der Waals surface area contributed by atoms with E-state index in [2.05, 4.69) is 20.0 Å². The van der Waals surface area contributed by atoms with Gasteiger partial charge in [-0.3, -0.25) is 9.59 Å². The number of ether oxygens (including phenoxy) is 1. The van der Waals surface area contributed by atoms with E-state index in [0.717, 1.165) is 5.39 Å². The Balaban J connectivity index is 1.26. The monoisotopic (exact) mass is 514 g/mol. The molecule has 4 aromatic rings. The van der Waals surface area contributed by atoms with Crippen LogP contribution in [-0.2, 0) is 10.9 Å². The molecule has 192 valence electrons. The van der Waals surface area contributed by atoms with E-state index in [1.807, 2.05) is 18.2 Å². The highest BCUT2D eigenvalue weighted by Gasteiger charge is 2.38. The van der Waals surface area contributed by atoms with Crippen LogP contribution in [0.4, 0.5) is 13.2 Å². The van der Waals surface area contributed by atoms with Crippen LogP contribution in [0.2, 0.25) is 0 Å². The van der Waals surface area contributed by atoms with E-state index in [4.69, 9.17) is 9.15 Å². The minimum Gasteiger partial charge on any atom is -0.461 e. The number of aryl methyl sites for hydroxylation is 1. The van der Waals surface area contributed by atoms with Crippen molar-refractivity contribution in [1.29, 1.82) is 0 Å². The first kappa shape index (κ1) is 24.5. The number of nitrogens with one attached hydrogen (secondary N) is 1. The van der Waals surface area contributed by atoms with Gasteiger partial charge in [0.15, 0.2) is 0 Å². The van der Waals surface area contributed by atoms with Crippen LogP contribution < -0.4 is 5.32 Å². The van der Waals surface area contributed by atoms with E-state index in [1.54, 1.807) is 17.9 Å². The number of hydrogen-bond donors (Lipinski definition) is 1. The molecule has 37 heavy (non-hydrogen) atoms. The minimum absolute atomic E-state index is 0.140. The van der Waals surface area contributed by atoms with Crippen LogP contribution in [0.15, 0.2) is 57.5 Å². The number of hydrogen-bond acceptors (Lipinski definition) is 7. The van der Waals surface area contributed by atoms with Crippen molar-refractivity contribution in [2.45, 2.75) is 19.1 Å². The summed E-state index contributed by atoms with van der Waals surface area (Å²) in [5.41, 5.74) is 1.64. The molecule has 1 atom stereocenters. The average molecular weight is 514 g/mol. The van der Waals surface area contributed by atoms with Gasteiger partial charge in [-0.25, -0.2) is 0 Å². The number of furan rings is 1. The summed E-state index contributed by atoms with van der Waals surface area (Å²) in [6.07, 6.45) is -4.74. The Morgan fingerprint density at radius 2 is 1.89 bits per heavy atom. The molecule has 2 amide bonds. The van der Waals surface area contributed by atoms with Crippen molar-refractivity contribution in [1.82, 2.24) is 20.4 Å². The predicted molar refractivity (Wildman–Crippen MR) is 124 cm³/mol. The number of aromatic nitrogens is 2. The number of carbonyl (C=O) groups is 2. The lowest BCUT2D eigenvalue weighted by atomic mass is 10.1. The van der Waals surface area contributed by atoms with E-state index >= 15 is 0 Å². The van der Waals surface area contributed by atoms with Gasteiger partial charge in [0.25, 0.3) is 11.8 Å². The number of para-hydroxylation sites is 1. The van der Waals surface area contributed by atoms with Gasteiger partial charge in [0, 0.05) is 29.6 Å². The number of rotatable bonds is 5. The Morgan fingerprint density at radius 3 is 2.62 bits per heavy atom. The molecule has 0 radical (unpaired) electrons. The summed E-state index contributed by atoms with van der Waals surface area (Å²) >= 11 is 0. The summed E-state index contributed by atoms with van der Waals surface area (Å²) < 4.78 is 53.6. The van der Waals surface area contributed by atoms with Crippen LogP contribution in [0.3, 0.4) is 0 Å². The number of carbonyl (C=O) groups excluding carboxylic acids is 2. The summed E-state index contributed by atoms with van der Waals surface area (Å²) in [5.74, 6) is -1.79. The van der Waals surface area contributed by atoms with E-state index in [9.17, 15) is 22.8 Å². The highest BCUT2D eigenvalue weighted by atomic mass is 19.4. The molecule has 1 aliphatic heterocycles.